The first-order valence-corrected chi connectivity index (χ1v) is 13.2. The van der Waals surface area contributed by atoms with Crippen molar-refractivity contribution in [2.24, 2.45) is 11.7 Å². The molecule has 0 aromatic heterocycles. The first-order chi connectivity index (χ1) is 10.7. The van der Waals surface area contributed by atoms with Crippen molar-refractivity contribution in [2.45, 2.75) is 102 Å². The molecule has 0 aliphatic carbocycles. The molecule has 4 N–H and O–H groups in total. The Morgan fingerprint density at radius 3 is 1.67 bits per heavy atom. The topological polar surface area (TPSA) is 66.5 Å². The molecule has 0 radical (unpaired) electrons. The summed E-state index contributed by atoms with van der Waals surface area (Å²) in [6.07, 6.45) is 11.0. The van der Waals surface area contributed by atoms with Crippen LogP contribution >= 0.6 is 12.4 Å². The van der Waals surface area contributed by atoms with E-state index in [1.54, 1.807) is 0 Å². The smallest absolute Gasteiger partial charge is 0.0633 e. The molecule has 0 unspecified atom stereocenters. The van der Waals surface area contributed by atoms with E-state index >= 15 is 0 Å². The average Bonchev–Trinajstić information content (AvgIpc) is 2.47. The Kier molecular flexibility index (Phi) is 16.1. The summed E-state index contributed by atoms with van der Waals surface area (Å²) in [5.74, 6) is 0.862. The molecule has 24 heavy (non-hydrogen) atoms. The van der Waals surface area contributed by atoms with E-state index in [0.29, 0.717) is 0 Å². The lowest BCUT2D eigenvalue weighted by Crippen LogP contribution is -2.47. The van der Waals surface area contributed by atoms with Crippen LogP contribution in [0.25, 0.3) is 0 Å². The van der Waals surface area contributed by atoms with Gasteiger partial charge in [-0.1, -0.05) is 90.4 Å². The molecular weight excluding hydrogens is 338 g/mol. The molecule has 3 nitrogen and oxygen atoms in total. The Balaban J connectivity index is 0. The maximum atomic E-state index is 9.13. The molecular formula is C19H44ClNO2Si. The lowest BCUT2D eigenvalue weighted by molar-refractivity contribution is 0.112. The molecule has 0 aliphatic heterocycles. The van der Waals surface area contributed by atoms with Gasteiger partial charge in [0.05, 0.1) is 18.8 Å². The van der Waals surface area contributed by atoms with E-state index in [2.05, 4.69) is 26.9 Å². The highest BCUT2D eigenvalue weighted by atomic mass is 35.5. The minimum absolute atomic E-state index is 0. The van der Waals surface area contributed by atoms with Crippen LogP contribution in [-0.2, 0) is 0 Å². The SMILES string of the molecule is CC(C)C[Si](C)(C)CCCCCCCCCCC(N)(CO)CO.Cl. The predicted octanol–water partition coefficient (Wildman–Crippen LogP) is 4.97. The van der Waals surface area contributed by atoms with Crippen molar-refractivity contribution < 1.29 is 10.2 Å². The van der Waals surface area contributed by atoms with Gasteiger partial charge in [0.2, 0.25) is 0 Å². The number of hydrogen-bond donors (Lipinski definition) is 3. The Morgan fingerprint density at radius 2 is 1.25 bits per heavy atom. The number of halogens is 1. The number of unbranched alkanes of at least 4 members (excludes halogenated alkanes) is 7. The maximum absolute atomic E-state index is 9.13. The minimum Gasteiger partial charge on any atom is -0.394 e. The monoisotopic (exact) mass is 381 g/mol. The minimum atomic E-state index is -0.931. The summed E-state index contributed by atoms with van der Waals surface area (Å²) in [4.78, 5) is 0. The van der Waals surface area contributed by atoms with Crippen LogP contribution in [-0.4, -0.2) is 37.0 Å². The Hall–Kier alpha value is 0.387. The zero-order valence-electron chi connectivity index (χ0n) is 16.6. The van der Waals surface area contributed by atoms with Gasteiger partial charge in [-0.3, -0.25) is 0 Å². The van der Waals surface area contributed by atoms with Crippen LogP contribution in [0, 0.1) is 5.92 Å². The van der Waals surface area contributed by atoms with Crippen molar-refractivity contribution >= 4 is 20.5 Å². The van der Waals surface area contributed by atoms with Crippen LogP contribution < -0.4 is 5.73 Å². The van der Waals surface area contributed by atoms with E-state index in [1.165, 1.54) is 50.6 Å². The van der Waals surface area contributed by atoms with Gasteiger partial charge in [0, 0.05) is 8.07 Å². The molecule has 0 atom stereocenters. The molecule has 0 saturated heterocycles. The molecule has 5 heteroatoms. The lowest BCUT2D eigenvalue weighted by Gasteiger charge is -2.24. The molecule has 0 aromatic rings. The van der Waals surface area contributed by atoms with E-state index in [9.17, 15) is 0 Å². The second kappa shape index (κ2) is 14.5. The highest BCUT2D eigenvalue weighted by Crippen LogP contribution is 2.24. The van der Waals surface area contributed by atoms with Crippen molar-refractivity contribution in [3.63, 3.8) is 0 Å². The zero-order chi connectivity index (χ0) is 17.8. The van der Waals surface area contributed by atoms with Gasteiger partial charge in [0.1, 0.15) is 0 Å². The first-order valence-electron chi connectivity index (χ1n) is 9.75. The summed E-state index contributed by atoms with van der Waals surface area (Å²) in [6.45, 7) is 9.54. The third-order valence-electron chi connectivity index (χ3n) is 4.87. The first kappa shape index (κ1) is 26.6. The Morgan fingerprint density at radius 1 is 0.833 bits per heavy atom. The van der Waals surface area contributed by atoms with Crippen LogP contribution in [0.15, 0.2) is 0 Å². The van der Waals surface area contributed by atoms with Gasteiger partial charge in [-0.15, -0.1) is 12.4 Å². The van der Waals surface area contributed by atoms with Crippen LogP contribution in [0.5, 0.6) is 0 Å². The fourth-order valence-electron chi connectivity index (χ4n) is 3.56. The number of hydrogen-bond acceptors (Lipinski definition) is 3. The maximum Gasteiger partial charge on any atom is 0.0633 e. The van der Waals surface area contributed by atoms with Crippen molar-refractivity contribution in [3.8, 4) is 0 Å². The molecule has 0 rings (SSSR count). The van der Waals surface area contributed by atoms with Gasteiger partial charge in [-0.05, 0) is 12.3 Å². The average molecular weight is 382 g/mol. The molecule has 0 aromatic carbocycles. The normalized spacial score (nSPS) is 12.5. The van der Waals surface area contributed by atoms with Crippen LogP contribution in [0.1, 0.15) is 71.6 Å². The van der Waals surface area contributed by atoms with Gasteiger partial charge < -0.3 is 15.9 Å². The molecule has 0 aliphatic rings. The highest BCUT2D eigenvalue weighted by Gasteiger charge is 2.22. The highest BCUT2D eigenvalue weighted by molar-refractivity contribution is 6.77. The third kappa shape index (κ3) is 14.7. The standard InChI is InChI=1S/C19H43NO2Si.ClH/c1-18(2)15-23(3,4)14-12-10-8-6-5-7-9-11-13-19(20,16-21)17-22;/h18,21-22H,5-17,20H2,1-4H3;1H. The third-order valence-corrected chi connectivity index (χ3v) is 8.50. The number of aliphatic hydroxyl groups excluding tert-OH is 2. The quantitative estimate of drug-likeness (QED) is 0.277. The zero-order valence-corrected chi connectivity index (χ0v) is 18.5. The fraction of sp³-hybridized carbons (Fsp3) is 1.00. The van der Waals surface area contributed by atoms with E-state index in [1.807, 2.05) is 0 Å². The summed E-state index contributed by atoms with van der Waals surface area (Å²) < 4.78 is 0. The predicted molar refractivity (Wildman–Crippen MR) is 112 cm³/mol. The summed E-state index contributed by atoms with van der Waals surface area (Å²) in [6, 6.07) is 2.96. The van der Waals surface area contributed by atoms with Crippen molar-refractivity contribution in [3.05, 3.63) is 0 Å². The summed E-state index contributed by atoms with van der Waals surface area (Å²) in [5, 5.41) is 18.3. The Labute approximate surface area is 158 Å². The van der Waals surface area contributed by atoms with Crippen LogP contribution in [0.3, 0.4) is 0 Å². The Bertz CT molecular complexity index is 285. The van der Waals surface area contributed by atoms with Gasteiger partial charge >= 0.3 is 0 Å². The molecule has 148 valence electrons. The molecule has 0 amide bonds. The fourth-order valence-corrected chi connectivity index (χ4v) is 7.18. The van der Waals surface area contributed by atoms with E-state index in [0.717, 1.165) is 25.2 Å². The summed E-state index contributed by atoms with van der Waals surface area (Å²) >= 11 is 0. The van der Waals surface area contributed by atoms with E-state index in [-0.39, 0.29) is 25.6 Å². The van der Waals surface area contributed by atoms with Crippen LogP contribution in [0.4, 0.5) is 0 Å². The van der Waals surface area contributed by atoms with Gasteiger partial charge in [0.25, 0.3) is 0 Å². The number of aliphatic hydroxyl groups is 2. The van der Waals surface area contributed by atoms with Gasteiger partial charge in [-0.25, -0.2) is 0 Å². The van der Waals surface area contributed by atoms with Crippen molar-refractivity contribution in [2.75, 3.05) is 13.2 Å². The largest absolute Gasteiger partial charge is 0.394 e. The number of nitrogens with two attached hydrogens (primary N) is 1. The number of rotatable bonds is 15. The van der Waals surface area contributed by atoms with Gasteiger partial charge in [-0.2, -0.15) is 0 Å². The van der Waals surface area contributed by atoms with E-state index < -0.39 is 13.6 Å². The molecule has 0 heterocycles. The molecule has 0 saturated carbocycles. The summed E-state index contributed by atoms with van der Waals surface area (Å²) in [7, 11) is -0.931. The molecule has 0 fully saturated rings. The molecule has 0 spiro atoms. The second-order valence-corrected chi connectivity index (χ2v) is 14.0. The van der Waals surface area contributed by atoms with Crippen molar-refractivity contribution in [1.29, 1.82) is 0 Å². The van der Waals surface area contributed by atoms with Crippen molar-refractivity contribution in [1.82, 2.24) is 0 Å². The summed E-state index contributed by atoms with van der Waals surface area (Å²) in [5.41, 5.74) is 5.09. The molecule has 0 bridgehead atoms. The van der Waals surface area contributed by atoms with E-state index in [4.69, 9.17) is 15.9 Å². The second-order valence-electron chi connectivity index (χ2n) is 8.77. The van der Waals surface area contributed by atoms with Gasteiger partial charge in [0.15, 0.2) is 0 Å². The lowest BCUT2D eigenvalue weighted by atomic mass is 9.94. The van der Waals surface area contributed by atoms with Crippen LogP contribution in [0.2, 0.25) is 25.2 Å².